The zero-order valence-corrected chi connectivity index (χ0v) is 27.8. The van der Waals surface area contributed by atoms with Crippen LogP contribution >= 0.6 is 11.3 Å². The Hall–Kier alpha value is -4.39. The molecule has 0 unspecified atom stereocenters. The van der Waals surface area contributed by atoms with E-state index < -0.39 is 58.4 Å². The monoisotopic (exact) mass is 690 g/mol. The van der Waals surface area contributed by atoms with Gasteiger partial charge in [0.15, 0.2) is 16.6 Å². The van der Waals surface area contributed by atoms with E-state index in [2.05, 4.69) is 20.8 Å². The van der Waals surface area contributed by atoms with Crippen LogP contribution in [0.1, 0.15) is 26.0 Å². The number of carboxylic acid groups (broad SMARTS) is 1. The number of ketones is 1. The summed E-state index contributed by atoms with van der Waals surface area (Å²) >= 11 is 1.02. The van der Waals surface area contributed by atoms with E-state index in [1.54, 1.807) is 26.0 Å². The fraction of sp³-hybridized carbons (Fsp3) is 0.448. The highest BCUT2D eigenvalue weighted by atomic mass is 32.2. The highest BCUT2D eigenvalue weighted by molar-refractivity contribution is 7.85. The Morgan fingerprint density at radius 1 is 1.32 bits per heavy atom. The van der Waals surface area contributed by atoms with E-state index in [-0.39, 0.29) is 16.5 Å². The van der Waals surface area contributed by atoms with Gasteiger partial charge < -0.3 is 25.7 Å². The standard InChI is InChI=1S/C29H35N7O9S2/c1-29(2)20(26(38)36(29)45-47(4,41)42)10-22(37)24(21-15-46-28(30)33-21)34-44-23(27(39)40)14-43-18-5-6-19-17(9-18)7-8-35(3)25(19)32-13-16-11-31-12-16/h5-9,15-16,20,23,31H,10-14H2,1-4H3,(H3,30,33,39,40)/p+1/b34-24-/t20-,23+/m1/s1. The van der Waals surface area contributed by atoms with E-state index in [9.17, 15) is 27.9 Å². The molecule has 252 valence electrons. The van der Waals surface area contributed by atoms with Crippen molar-refractivity contribution in [2.24, 2.45) is 24.0 Å². The minimum Gasteiger partial charge on any atom is -0.489 e. The SMILES string of the molecule is C[n+]1ccc2cc(OC[C@H](O/N=C(\C(=O)C[C@@H]3C(=O)N(OS(C)(=O)=O)C3(C)C)c3csc(N)n3)C(=O)O)ccc2c1NCC1CNC1. The number of carbonyl (C=O) groups excluding carboxylic acids is 2. The Kier molecular flexibility index (Phi) is 9.67. The van der Waals surface area contributed by atoms with E-state index in [0.717, 1.165) is 53.8 Å². The van der Waals surface area contributed by atoms with Crippen molar-refractivity contribution in [2.75, 3.05) is 43.5 Å². The van der Waals surface area contributed by atoms with Gasteiger partial charge >= 0.3 is 5.97 Å². The lowest BCUT2D eigenvalue weighted by Gasteiger charge is -2.51. The van der Waals surface area contributed by atoms with Crippen LogP contribution in [0.3, 0.4) is 0 Å². The Morgan fingerprint density at radius 2 is 2.06 bits per heavy atom. The van der Waals surface area contributed by atoms with Crippen LogP contribution in [0.15, 0.2) is 41.0 Å². The number of anilines is 2. The van der Waals surface area contributed by atoms with E-state index in [1.807, 2.05) is 29.9 Å². The van der Waals surface area contributed by atoms with Crippen LogP contribution in [-0.2, 0) is 40.7 Å². The number of thiazole rings is 1. The summed E-state index contributed by atoms with van der Waals surface area (Å²) in [5.41, 5.74) is 4.27. The van der Waals surface area contributed by atoms with Crippen molar-refractivity contribution in [2.45, 2.75) is 31.9 Å². The normalized spacial score (nSPS) is 18.7. The molecule has 2 saturated heterocycles. The second kappa shape index (κ2) is 13.4. The fourth-order valence-electron chi connectivity index (χ4n) is 5.16. The van der Waals surface area contributed by atoms with Gasteiger partial charge in [-0.05, 0) is 43.5 Å². The van der Waals surface area contributed by atoms with Crippen molar-refractivity contribution < 1.29 is 46.3 Å². The number of nitrogen functional groups attached to an aromatic ring is 1. The molecular weight excluding hydrogens is 654 g/mol. The Morgan fingerprint density at radius 3 is 2.66 bits per heavy atom. The largest absolute Gasteiger partial charge is 0.489 e. The number of pyridine rings is 1. The number of fused-ring (bicyclic) bond motifs is 1. The Bertz CT molecular complexity index is 1840. The first-order chi connectivity index (χ1) is 22.1. The minimum atomic E-state index is -3.99. The van der Waals surface area contributed by atoms with Crippen LogP contribution in [0.4, 0.5) is 10.9 Å². The second-order valence-electron chi connectivity index (χ2n) is 11.9. The number of hydrogen-bond donors (Lipinski definition) is 4. The molecule has 16 nitrogen and oxygen atoms in total. The summed E-state index contributed by atoms with van der Waals surface area (Å²) in [6, 6.07) is 7.32. The number of aryl methyl sites for hydroxylation is 1. The number of β-lactam (4-membered cyclic amide) rings is 1. The number of oxime groups is 1. The number of aliphatic carboxylic acids is 1. The van der Waals surface area contributed by atoms with Crippen LogP contribution < -0.4 is 25.7 Å². The number of hydrogen-bond acceptors (Lipinski definition) is 14. The fourth-order valence-corrected chi connectivity index (χ4v) is 6.24. The van der Waals surface area contributed by atoms with Gasteiger partial charge in [-0.25, -0.2) is 14.3 Å². The van der Waals surface area contributed by atoms with Crippen LogP contribution in [0, 0.1) is 11.8 Å². The summed E-state index contributed by atoms with van der Waals surface area (Å²) < 4.78 is 35.7. The molecule has 18 heteroatoms. The molecule has 0 radical (unpaired) electrons. The van der Waals surface area contributed by atoms with Crippen molar-refractivity contribution in [3.05, 3.63) is 41.5 Å². The molecule has 5 rings (SSSR count). The number of nitrogens with two attached hydrogens (primary N) is 1. The molecule has 1 amide bonds. The first-order valence-corrected chi connectivity index (χ1v) is 17.3. The average molecular weight is 691 g/mol. The molecule has 0 saturated carbocycles. The highest BCUT2D eigenvalue weighted by Gasteiger charge is 2.57. The van der Waals surface area contributed by atoms with Gasteiger partial charge in [0.25, 0.3) is 27.9 Å². The van der Waals surface area contributed by atoms with Crippen molar-refractivity contribution in [1.82, 2.24) is 15.4 Å². The number of nitrogens with one attached hydrogen (secondary N) is 2. The summed E-state index contributed by atoms with van der Waals surface area (Å²) in [7, 11) is -2.04. The summed E-state index contributed by atoms with van der Waals surface area (Å²) in [6.07, 6.45) is 0.692. The van der Waals surface area contributed by atoms with Crippen LogP contribution in [-0.4, -0.2) is 91.1 Å². The lowest BCUT2D eigenvalue weighted by Crippen LogP contribution is -2.68. The third-order valence-corrected chi connectivity index (χ3v) is 9.08. The minimum absolute atomic E-state index is 0.0251. The van der Waals surface area contributed by atoms with Gasteiger partial charge in [-0.15, -0.1) is 15.6 Å². The van der Waals surface area contributed by atoms with Crippen molar-refractivity contribution in [3.8, 4) is 5.75 Å². The number of amides is 1. The van der Waals surface area contributed by atoms with Crippen LogP contribution in [0.5, 0.6) is 5.75 Å². The van der Waals surface area contributed by atoms with Crippen LogP contribution in [0.25, 0.3) is 10.8 Å². The molecular formula is C29H36N7O9S2+. The topological polar surface area (TPSA) is 216 Å². The smallest absolute Gasteiger partial charge is 0.351 e. The predicted octanol–water partition coefficient (Wildman–Crippen LogP) is 0.675. The zero-order chi connectivity index (χ0) is 34.1. The summed E-state index contributed by atoms with van der Waals surface area (Å²) in [5, 5.41) is 24.6. The van der Waals surface area contributed by atoms with Gasteiger partial charge in [0.05, 0.1) is 42.9 Å². The van der Waals surface area contributed by atoms with Crippen molar-refractivity contribution in [1.29, 1.82) is 0 Å². The molecule has 3 aromatic rings. The molecule has 0 aliphatic carbocycles. The molecule has 2 aliphatic heterocycles. The molecule has 1 aromatic carbocycles. The van der Waals surface area contributed by atoms with Crippen molar-refractivity contribution in [3.63, 3.8) is 0 Å². The molecule has 2 atom stereocenters. The highest BCUT2D eigenvalue weighted by Crippen LogP contribution is 2.40. The molecule has 47 heavy (non-hydrogen) atoms. The van der Waals surface area contributed by atoms with Crippen molar-refractivity contribution >= 4 is 66.5 Å². The number of carbonyl (C=O) groups is 3. The Labute approximate surface area is 274 Å². The van der Waals surface area contributed by atoms with Gasteiger partial charge in [0, 0.05) is 30.8 Å². The summed E-state index contributed by atoms with van der Waals surface area (Å²) in [4.78, 5) is 47.6. The first-order valence-electron chi connectivity index (χ1n) is 14.6. The number of rotatable bonds is 15. The maximum atomic E-state index is 13.4. The van der Waals surface area contributed by atoms with Gasteiger partial charge in [-0.3, -0.25) is 14.9 Å². The summed E-state index contributed by atoms with van der Waals surface area (Å²) in [6.45, 7) is 5.42. The number of aromatic nitrogens is 2. The molecule has 4 heterocycles. The molecule has 2 fully saturated rings. The third-order valence-electron chi connectivity index (χ3n) is 7.98. The van der Waals surface area contributed by atoms with Gasteiger partial charge in [-0.2, -0.15) is 13.5 Å². The Balaban J connectivity index is 1.29. The zero-order valence-electron chi connectivity index (χ0n) is 26.1. The molecule has 2 aromatic heterocycles. The van der Waals surface area contributed by atoms with E-state index in [0.29, 0.717) is 16.7 Å². The van der Waals surface area contributed by atoms with E-state index >= 15 is 0 Å². The third kappa shape index (κ3) is 7.61. The molecule has 0 spiro atoms. The number of Topliss-reactive ketones (excluding diaryl/α,β-unsaturated/α-hetero) is 1. The maximum Gasteiger partial charge on any atom is 0.351 e. The predicted molar refractivity (Wildman–Crippen MR) is 171 cm³/mol. The van der Waals surface area contributed by atoms with Gasteiger partial charge in [-0.1, -0.05) is 5.16 Å². The number of ether oxygens (including phenoxy) is 1. The second-order valence-corrected chi connectivity index (χ2v) is 14.4. The van der Waals surface area contributed by atoms with Crippen LogP contribution in [0.2, 0.25) is 0 Å². The average Bonchev–Trinajstić information content (AvgIpc) is 3.41. The number of carboxylic acids is 1. The summed E-state index contributed by atoms with van der Waals surface area (Å²) in [5.74, 6) is -1.87. The van der Waals surface area contributed by atoms with Gasteiger partial charge in [0.1, 0.15) is 18.1 Å². The number of nitrogens with zero attached hydrogens (tertiary/aromatic N) is 4. The lowest BCUT2D eigenvalue weighted by atomic mass is 9.74. The van der Waals surface area contributed by atoms with E-state index in [4.69, 9.17) is 19.6 Å². The molecule has 0 bridgehead atoms. The maximum absolute atomic E-state index is 13.4. The number of benzene rings is 1. The van der Waals surface area contributed by atoms with E-state index in [1.165, 1.54) is 5.38 Å². The lowest BCUT2D eigenvalue weighted by molar-refractivity contribution is -0.656. The van der Waals surface area contributed by atoms with Gasteiger partial charge in [0.2, 0.25) is 0 Å². The molecule has 5 N–H and O–H groups in total. The number of hydroxylamine groups is 2. The quantitative estimate of drug-likeness (QED) is 0.0748. The first kappa shape index (κ1) is 34.0. The molecule has 2 aliphatic rings.